The molecule has 2 aliphatic heterocycles. The van der Waals surface area contributed by atoms with Gasteiger partial charge >= 0.3 is 0 Å². The Morgan fingerprint density at radius 1 is 1.14 bits per heavy atom. The molecule has 3 rings (SSSR count). The van der Waals surface area contributed by atoms with Crippen LogP contribution in [-0.4, -0.2) is 66.5 Å². The molecule has 160 valence electrons. The largest absolute Gasteiger partial charge is 0.340 e. The van der Waals surface area contributed by atoms with Crippen molar-refractivity contribution in [2.24, 2.45) is 0 Å². The molecule has 2 aliphatic rings. The van der Waals surface area contributed by atoms with Crippen LogP contribution in [0.25, 0.3) is 0 Å². The number of ketones is 1. The first-order valence-electron chi connectivity index (χ1n) is 10.0. The van der Waals surface area contributed by atoms with E-state index in [1.807, 2.05) is 21.6 Å². The molecule has 29 heavy (non-hydrogen) atoms. The van der Waals surface area contributed by atoms with E-state index in [2.05, 4.69) is 0 Å². The van der Waals surface area contributed by atoms with Crippen LogP contribution in [0.5, 0.6) is 0 Å². The Kier molecular flexibility index (Phi) is 8.07. The van der Waals surface area contributed by atoms with Gasteiger partial charge in [-0.05, 0) is 38.3 Å². The van der Waals surface area contributed by atoms with E-state index in [1.165, 1.54) is 42.0 Å². The molecule has 0 N–H and O–H groups in total. The van der Waals surface area contributed by atoms with Gasteiger partial charge in [0.05, 0.1) is 4.90 Å². The topological polar surface area (TPSA) is 74.8 Å². The van der Waals surface area contributed by atoms with Gasteiger partial charge in [0.15, 0.2) is 5.78 Å². The number of carbonyl (C=O) groups excluding carboxylic acids is 2. The SMILES string of the molecule is CC(=O)c1cccc(S(=O)(=O)N2CCN(C(=O)CCCCC3CCSS3)CC2)c1. The van der Waals surface area contributed by atoms with E-state index in [1.54, 1.807) is 17.0 Å². The average molecular weight is 457 g/mol. The minimum Gasteiger partial charge on any atom is -0.340 e. The van der Waals surface area contributed by atoms with E-state index in [9.17, 15) is 18.0 Å². The summed E-state index contributed by atoms with van der Waals surface area (Å²) in [4.78, 5) is 25.9. The van der Waals surface area contributed by atoms with Crippen molar-refractivity contribution in [3.63, 3.8) is 0 Å². The summed E-state index contributed by atoms with van der Waals surface area (Å²) >= 11 is 0. The maximum Gasteiger partial charge on any atom is 0.243 e. The lowest BCUT2D eigenvalue weighted by Gasteiger charge is -2.34. The second-order valence-electron chi connectivity index (χ2n) is 7.44. The Morgan fingerprint density at radius 2 is 1.90 bits per heavy atom. The van der Waals surface area contributed by atoms with E-state index >= 15 is 0 Å². The van der Waals surface area contributed by atoms with Gasteiger partial charge in [-0.25, -0.2) is 8.42 Å². The molecule has 6 nitrogen and oxygen atoms in total. The lowest BCUT2D eigenvalue weighted by Crippen LogP contribution is -2.50. The summed E-state index contributed by atoms with van der Waals surface area (Å²) in [5.41, 5.74) is 0.384. The summed E-state index contributed by atoms with van der Waals surface area (Å²) in [6, 6.07) is 6.14. The summed E-state index contributed by atoms with van der Waals surface area (Å²) in [6.45, 7) is 2.82. The third kappa shape index (κ3) is 5.99. The quantitative estimate of drug-likeness (QED) is 0.339. The normalized spacial score (nSPS) is 20.7. The molecule has 1 aromatic carbocycles. The van der Waals surface area contributed by atoms with E-state index in [-0.39, 0.29) is 29.7 Å². The second-order valence-corrected chi connectivity index (χ2v) is 12.2. The number of Topliss-reactive ketones (excluding diaryl/α,β-unsaturated/α-hetero) is 1. The predicted octanol–water partition coefficient (Wildman–Crippen LogP) is 3.44. The van der Waals surface area contributed by atoms with Gasteiger partial charge in [-0.3, -0.25) is 9.59 Å². The monoisotopic (exact) mass is 456 g/mol. The fourth-order valence-electron chi connectivity index (χ4n) is 3.57. The highest BCUT2D eigenvalue weighted by molar-refractivity contribution is 8.77. The van der Waals surface area contributed by atoms with Gasteiger partial charge in [-0.15, -0.1) is 0 Å². The minimum atomic E-state index is -3.66. The van der Waals surface area contributed by atoms with Crippen LogP contribution in [0, 0.1) is 0 Å². The van der Waals surface area contributed by atoms with Crippen LogP contribution < -0.4 is 0 Å². The molecule has 9 heteroatoms. The van der Waals surface area contributed by atoms with Crippen LogP contribution in [-0.2, 0) is 14.8 Å². The van der Waals surface area contributed by atoms with Crippen LogP contribution in [0.15, 0.2) is 29.2 Å². The maximum atomic E-state index is 12.9. The minimum absolute atomic E-state index is 0.120. The molecule has 2 fully saturated rings. The number of hydrogen-bond acceptors (Lipinski definition) is 6. The fourth-order valence-corrected chi connectivity index (χ4v) is 8.07. The van der Waals surface area contributed by atoms with Gasteiger partial charge < -0.3 is 4.90 Å². The number of carbonyl (C=O) groups is 2. The smallest absolute Gasteiger partial charge is 0.243 e. The first kappa shape index (κ1) is 22.7. The van der Waals surface area contributed by atoms with Gasteiger partial charge in [0.2, 0.25) is 15.9 Å². The number of piperazine rings is 1. The van der Waals surface area contributed by atoms with Crippen molar-refractivity contribution in [2.75, 3.05) is 31.9 Å². The second kappa shape index (κ2) is 10.3. The fraction of sp³-hybridized carbons (Fsp3) is 0.600. The highest BCUT2D eigenvalue weighted by Gasteiger charge is 2.30. The third-order valence-electron chi connectivity index (χ3n) is 5.36. The summed E-state index contributed by atoms with van der Waals surface area (Å²) in [6.07, 6.45) is 4.96. The van der Waals surface area contributed by atoms with Crippen molar-refractivity contribution < 1.29 is 18.0 Å². The Hall–Kier alpha value is -1.03. The molecular weight excluding hydrogens is 428 g/mol. The highest BCUT2D eigenvalue weighted by Crippen LogP contribution is 2.39. The number of amides is 1. The zero-order chi connectivity index (χ0) is 20.9. The molecule has 2 saturated heterocycles. The number of rotatable bonds is 8. The Labute approximate surface area is 181 Å². The van der Waals surface area contributed by atoms with Gasteiger partial charge in [0.1, 0.15) is 0 Å². The van der Waals surface area contributed by atoms with Gasteiger partial charge in [-0.1, -0.05) is 40.1 Å². The zero-order valence-corrected chi connectivity index (χ0v) is 19.2. The van der Waals surface area contributed by atoms with Crippen molar-refractivity contribution in [2.45, 2.75) is 49.2 Å². The van der Waals surface area contributed by atoms with Gasteiger partial charge in [0, 0.05) is 49.2 Å². The van der Waals surface area contributed by atoms with Crippen molar-refractivity contribution in [1.82, 2.24) is 9.21 Å². The van der Waals surface area contributed by atoms with Gasteiger partial charge in [-0.2, -0.15) is 4.31 Å². The van der Waals surface area contributed by atoms with E-state index in [0.717, 1.165) is 18.1 Å². The van der Waals surface area contributed by atoms with E-state index < -0.39 is 10.0 Å². The highest BCUT2D eigenvalue weighted by atomic mass is 33.1. The Morgan fingerprint density at radius 3 is 2.55 bits per heavy atom. The number of benzene rings is 1. The van der Waals surface area contributed by atoms with Crippen molar-refractivity contribution in [1.29, 1.82) is 0 Å². The molecule has 0 spiro atoms. The standard InChI is InChI=1S/C20H28N2O4S3/c1-16(23)17-5-4-7-19(15-17)29(25,26)22-12-10-21(11-13-22)20(24)8-3-2-6-18-9-14-27-28-18/h4-5,7,15,18H,2-3,6,8-14H2,1H3. The van der Waals surface area contributed by atoms with Crippen LogP contribution in [0.2, 0.25) is 0 Å². The lowest BCUT2D eigenvalue weighted by atomic mass is 10.1. The molecular formula is C20H28N2O4S3. The number of hydrogen-bond donors (Lipinski definition) is 0. The van der Waals surface area contributed by atoms with E-state index in [0.29, 0.717) is 25.1 Å². The first-order valence-corrected chi connectivity index (χ1v) is 13.9. The number of unbranched alkanes of at least 4 members (excludes halogenated alkanes) is 1. The molecule has 0 saturated carbocycles. The molecule has 2 heterocycles. The Bertz CT molecular complexity index is 830. The van der Waals surface area contributed by atoms with Crippen molar-refractivity contribution in [3.05, 3.63) is 29.8 Å². The summed E-state index contributed by atoms with van der Waals surface area (Å²) in [7, 11) is 0.257. The summed E-state index contributed by atoms with van der Waals surface area (Å²) in [5, 5.41) is 0.741. The first-order chi connectivity index (χ1) is 13.9. The van der Waals surface area contributed by atoms with Crippen LogP contribution >= 0.6 is 21.6 Å². The third-order valence-corrected chi connectivity index (χ3v) is 10.3. The molecule has 1 unspecified atom stereocenters. The van der Waals surface area contributed by atoms with Crippen LogP contribution in [0.4, 0.5) is 0 Å². The molecule has 0 bridgehead atoms. The van der Waals surface area contributed by atoms with Crippen molar-refractivity contribution in [3.8, 4) is 0 Å². The average Bonchev–Trinajstić information content (AvgIpc) is 3.25. The summed E-state index contributed by atoms with van der Waals surface area (Å²) < 4.78 is 27.2. The van der Waals surface area contributed by atoms with Crippen LogP contribution in [0.3, 0.4) is 0 Å². The predicted molar refractivity (Wildman–Crippen MR) is 119 cm³/mol. The molecule has 0 aromatic heterocycles. The zero-order valence-electron chi connectivity index (χ0n) is 16.7. The molecule has 1 aromatic rings. The van der Waals surface area contributed by atoms with Crippen LogP contribution in [0.1, 0.15) is 49.4 Å². The van der Waals surface area contributed by atoms with E-state index in [4.69, 9.17) is 0 Å². The Balaban J connectivity index is 1.47. The molecule has 1 atom stereocenters. The maximum absolute atomic E-state index is 12.9. The summed E-state index contributed by atoms with van der Waals surface area (Å²) in [5.74, 6) is 1.19. The number of nitrogens with zero attached hydrogens (tertiary/aromatic N) is 2. The van der Waals surface area contributed by atoms with Crippen molar-refractivity contribution >= 4 is 43.3 Å². The molecule has 1 amide bonds. The lowest BCUT2D eigenvalue weighted by molar-refractivity contribution is -0.132. The number of sulfonamides is 1. The molecule has 0 radical (unpaired) electrons. The molecule has 0 aliphatic carbocycles. The van der Waals surface area contributed by atoms with Gasteiger partial charge in [0.25, 0.3) is 0 Å².